The Bertz CT molecular complexity index is 196. The fourth-order valence-electron chi connectivity index (χ4n) is 1.26. The van der Waals surface area contributed by atoms with Gasteiger partial charge in [-0.3, -0.25) is 4.79 Å². The maximum Gasteiger partial charge on any atom is 0.221 e. The van der Waals surface area contributed by atoms with Gasteiger partial charge in [-0.15, -0.1) is 0 Å². The van der Waals surface area contributed by atoms with Crippen molar-refractivity contribution in [3.63, 3.8) is 0 Å². The Morgan fingerprint density at radius 3 is 1.93 bits per heavy atom. The topological polar surface area (TPSA) is 69.6 Å². The Morgan fingerprint density at radius 2 is 1.67 bits per heavy atom. The molecule has 0 saturated heterocycles. The molecule has 0 aromatic heterocycles. The molecule has 0 bridgehead atoms. The van der Waals surface area contributed by atoms with Gasteiger partial charge in [0.25, 0.3) is 0 Å². The molecule has 0 aromatic carbocycles. The van der Waals surface area contributed by atoms with E-state index >= 15 is 0 Å². The van der Waals surface area contributed by atoms with Crippen molar-refractivity contribution in [3.8, 4) is 0 Å². The van der Waals surface area contributed by atoms with E-state index in [0.29, 0.717) is 12.8 Å². The molecule has 0 saturated carbocycles. The molecular weight excluding hydrogens is 194 g/mol. The Labute approximate surface area is 91.7 Å². The van der Waals surface area contributed by atoms with Gasteiger partial charge in [0.2, 0.25) is 5.91 Å². The van der Waals surface area contributed by atoms with Gasteiger partial charge < -0.3 is 15.5 Å². The molecule has 0 spiro atoms. The molecule has 0 unspecified atom stereocenters. The number of amides is 1. The van der Waals surface area contributed by atoms with Crippen LogP contribution in [0, 0.1) is 5.41 Å². The van der Waals surface area contributed by atoms with E-state index in [9.17, 15) is 4.79 Å². The highest BCUT2D eigenvalue weighted by Gasteiger charge is 2.29. The summed E-state index contributed by atoms with van der Waals surface area (Å²) >= 11 is 0. The number of carbonyl (C=O) groups is 1. The summed E-state index contributed by atoms with van der Waals surface area (Å²) in [6, 6.07) is 0. The van der Waals surface area contributed by atoms with Crippen LogP contribution in [0.2, 0.25) is 0 Å². The van der Waals surface area contributed by atoms with Gasteiger partial charge in [0, 0.05) is 6.42 Å². The highest BCUT2D eigenvalue weighted by molar-refractivity contribution is 5.77. The molecule has 0 radical (unpaired) electrons. The second-order valence-electron chi connectivity index (χ2n) is 5.24. The summed E-state index contributed by atoms with van der Waals surface area (Å²) in [4.78, 5) is 11.6. The van der Waals surface area contributed by atoms with Crippen LogP contribution < -0.4 is 5.32 Å². The van der Waals surface area contributed by atoms with Crippen LogP contribution in [-0.2, 0) is 4.79 Å². The fraction of sp³-hybridized carbons (Fsp3) is 0.909. The molecule has 0 aliphatic carbocycles. The van der Waals surface area contributed by atoms with Gasteiger partial charge >= 0.3 is 0 Å². The third-order valence-corrected chi connectivity index (χ3v) is 2.38. The van der Waals surface area contributed by atoms with Gasteiger partial charge in [0.15, 0.2) is 0 Å². The minimum absolute atomic E-state index is 0.0888. The van der Waals surface area contributed by atoms with Crippen LogP contribution in [0.1, 0.15) is 40.5 Å². The molecule has 0 rings (SSSR count). The summed E-state index contributed by atoms with van der Waals surface area (Å²) < 4.78 is 0. The Morgan fingerprint density at radius 1 is 1.20 bits per heavy atom. The third kappa shape index (κ3) is 5.14. The van der Waals surface area contributed by atoms with E-state index in [1.807, 2.05) is 27.7 Å². The molecule has 0 aliphatic heterocycles. The van der Waals surface area contributed by atoms with Crippen molar-refractivity contribution in [1.82, 2.24) is 5.32 Å². The highest BCUT2D eigenvalue weighted by Crippen LogP contribution is 2.19. The van der Waals surface area contributed by atoms with Crippen LogP contribution in [0.25, 0.3) is 0 Å². The predicted molar refractivity (Wildman–Crippen MR) is 59.4 cm³/mol. The van der Waals surface area contributed by atoms with Gasteiger partial charge in [-0.2, -0.15) is 0 Å². The molecule has 0 heterocycles. The van der Waals surface area contributed by atoms with Crippen LogP contribution in [0.15, 0.2) is 0 Å². The Balaban J connectivity index is 4.36. The van der Waals surface area contributed by atoms with Crippen molar-refractivity contribution in [3.05, 3.63) is 0 Å². The quantitative estimate of drug-likeness (QED) is 0.634. The van der Waals surface area contributed by atoms with Crippen molar-refractivity contribution in [2.24, 2.45) is 5.41 Å². The lowest BCUT2D eigenvalue weighted by molar-refractivity contribution is -0.126. The second kappa shape index (κ2) is 5.47. The minimum atomic E-state index is -0.873. The molecule has 4 heteroatoms. The average Bonchev–Trinajstić information content (AvgIpc) is 2.11. The fourth-order valence-corrected chi connectivity index (χ4v) is 1.26. The first-order valence-electron chi connectivity index (χ1n) is 5.31. The summed E-state index contributed by atoms with van der Waals surface area (Å²) in [7, 11) is 0. The maximum absolute atomic E-state index is 11.6. The number of aliphatic hydroxyl groups excluding tert-OH is 2. The molecule has 4 nitrogen and oxygen atoms in total. The zero-order valence-electron chi connectivity index (χ0n) is 10.1. The molecular formula is C11H23NO3. The lowest BCUT2D eigenvalue weighted by atomic mass is 9.90. The SMILES string of the molecule is CCC(CO)(CO)NC(=O)CC(C)(C)C. The zero-order valence-corrected chi connectivity index (χ0v) is 10.1. The Kier molecular flexibility index (Phi) is 5.24. The summed E-state index contributed by atoms with van der Waals surface area (Å²) in [5.74, 6) is -0.132. The maximum atomic E-state index is 11.6. The van der Waals surface area contributed by atoms with Crippen LogP contribution in [0.3, 0.4) is 0 Å². The average molecular weight is 217 g/mol. The largest absolute Gasteiger partial charge is 0.394 e. The zero-order chi connectivity index (χ0) is 12.1. The van der Waals surface area contributed by atoms with E-state index in [-0.39, 0.29) is 24.5 Å². The Hall–Kier alpha value is -0.610. The van der Waals surface area contributed by atoms with E-state index in [1.54, 1.807) is 0 Å². The molecule has 90 valence electrons. The van der Waals surface area contributed by atoms with Crippen LogP contribution in [0.5, 0.6) is 0 Å². The lowest BCUT2D eigenvalue weighted by Gasteiger charge is -2.31. The van der Waals surface area contributed by atoms with Gasteiger partial charge in [-0.1, -0.05) is 27.7 Å². The van der Waals surface area contributed by atoms with Gasteiger partial charge in [0.05, 0.1) is 18.8 Å². The summed E-state index contributed by atoms with van der Waals surface area (Å²) in [6.07, 6.45) is 0.893. The first kappa shape index (κ1) is 14.4. The van der Waals surface area contributed by atoms with E-state index in [4.69, 9.17) is 10.2 Å². The number of nitrogens with one attached hydrogen (secondary N) is 1. The first-order valence-corrected chi connectivity index (χ1v) is 5.31. The molecule has 0 aliphatic rings. The third-order valence-electron chi connectivity index (χ3n) is 2.38. The molecule has 0 fully saturated rings. The number of aliphatic hydroxyl groups is 2. The first-order chi connectivity index (χ1) is 6.78. The van der Waals surface area contributed by atoms with Crippen LogP contribution in [-0.4, -0.2) is 34.9 Å². The molecule has 1 amide bonds. The summed E-state index contributed by atoms with van der Waals surface area (Å²) in [5.41, 5.74) is -0.961. The van der Waals surface area contributed by atoms with Crippen molar-refractivity contribution >= 4 is 5.91 Å². The van der Waals surface area contributed by atoms with Gasteiger partial charge in [-0.05, 0) is 11.8 Å². The van der Waals surface area contributed by atoms with E-state index in [0.717, 1.165) is 0 Å². The number of hydrogen-bond donors (Lipinski definition) is 3. The van der Waals surface area contributed by atoms with E-state index < -0.39 is 5.54 Å². The molecule has 3 N–H and O–H groups in total. The monoisotopic (exact) mass is 217 g/mol. The summed E-state index contributed by atoms with van der Waals surface area (Å²) in [5, 5.41) is 21.0. The van der Waals surface area contributed by atoms with Crippen molar-refractivity contribution in [1.29, 1.82) is 0 Å². The van der Waals surface area contributed by atoms with Crippen LogP contribution in [0.4, 0.5) is 0 Å². The number of hydrogen-bond acceptors (Lipinski definition) is 3. The standard InChI is InChI=1S/C11H23NO3/c1-5-11(7-13,8-14)12-9(15)6-10(2,3)4/h13-14H,5-8H2,1-4H3,(H,12,15). The normalized spacial score (nSPS) is 12.7. The van der Waals surface area contributed by atoms with E-state index in [2.05, 4.69) is 5.32 Å². The van der Waals surface area contributed by atoms with Crippen molar-refractivity contribution in [2.75, 3.05) is 13.2 Å². The molecule has 15 heavy (non-hydrogen) atoms. The van der Waals surface area contributed by atoms with Gasteiger partial charge in [-0.25, -0.2) is 0 Å². The summed E-state index contributed by atoms with van der Waals surface area (Å²) in [6.45, 7) is 7.25. The predicted octanol–water partition coefficient (Wildman–Crippen LogP) is 0.672. The molecule has 0 atom stereocenters. The highest BCUT2D eigenvalue weighted by atomic mass is 16.3. The van der Waals surface area contributed by atoms with Crippen LogP contribution >= 0.6 is 0 Å². The van der Waals surface area contributed by atoms with E-state index in [1.165, 1.54) is 0 Å². The number of carbonyl (C=O) groups excluding carboxylic acids is 1. The minimum Gasteiger partial charge on any atom is -0.394 e. The second-order valence-corrected chi connectivity index (χ2v) is 5.24. The van der Waals surface area contributed by atoms with Gasteiger partial charge in [0.1, 0.15) is 0 Å². The lowest BCUT2D eigenvalue weighted by Crippen LogP contribution is -2.54. The number of rotatable bonds is 5. The molecule has 0 aromatic rings. The van der Waals surface area contributed by atoms with Crippen molar-refractivity contribution in [2.45, 2.75) is 46.1 Å². The van der Waals surface area contributed by atoms with Crippen molar-refractivity contribution < 1.29 is 15.0 Å². The smallest absolute Gasteiger partial charge is 0.221 e.